The number of nitrogens with one attached hydrogen (secondary N) is 2. The van der Waals surface area contributed by atoms with E-state index in [9.17, 15) is 19.2 Å². The summed E-state index contributed by atoms with van der Waals surface area (Å²) in [6.45, 7) is 3.46. The fraction of sp³-hybridized carbons (Fsp3) is 0.278. The van der Waals surface area contributed by atoms with E-state index < -0.39 is 23.2 Å². The summed E-state index contributed by atoms with van der Waals surface area (Å²) < 4.78 is 3.69. The molecule has 1 aromatic carbocycles. The first-order valence-corrected chi connectivity index (χ1v) is 9.40. The van der Waals surface area contributed by atoms with E-state index in [1.54, 1.807) is 12.1 Å². The first kappa shape index (κ1) is 20.5. The minimum Gasteiger partial charge on any atom is -0.307 e. The molecule has 29 heavy (non-hydrogen) atoms. The third-order valence-corrected chi connectivity index (χ3v) is 5.31. The quantitative estimate of drug-likeness (QED) is 0.565. The third kappa shape index (κ3) is 3.73. The van der Waals surface area contributed by atoms with Gasteiger partial charge in [0.15, 0.2) is 15.9 Å². The van der Waals surface area contributed by atoms with E-state index >= 15 is 0 Å². The molecule has 2 aromatic heterocycles. The van der Waals surface area contributed by atoms with Crippen LogP contribution < -0.4 is 21.9 Å². The summed E-state index contributed by atoms with van der Waals surface area (Å²) in [6, 6.07) is 4.77. The molecule has 0 aliphatic carbocycles. The highest BCUT2D eigenvalue weighted by Crippen LogP contribution is 2.18. The summed E-state index contributed by atoms with van der Waals surface area (Å²) in [6.07, 6.45) is 0. The van der Waals surface area contributed by atoms with Crippen LogP contribution in [0.1, 0.15) is 11.1 Å². The van der Waals surface area contributed by atoms with Crippen molar-refractivity contribution in [2.75, 3.05) is 5.32 Å². The average molecular weight is 463 g/mol. The van der Waals surface area contributed by atoms with E-state index in [1.165, 1.54) is 23.2 Å². The number of anilines is 1. The van der Waals surface area contributed by atoms with Gasteiger partial charge in [0.2, 0.25) is 5.91 Å². The van der Waals surface area contributed by atoms with Crippen molar-refractivity contribution in [1.82, 2.24) is 24.0 Å². The summed E-state index contributed by atoms with van der Waals surface area (Å²) in [7, 11) is 2.82. The number of imidazole rings is 1. The molecule has 0 aliphatic heterocycles. The van der Waals surface area contributed by atoms with E-state index in [0.717, 1.165) is 15.7 Å². The average Bonchev–Trinajstić information content (AvgIpc) is 2.98. The summed E-state index contributed by atoms with van der Waals surface area (Å²) in [5.41, 5.74) is 1.58. The van der Waals surface area contributed by atoms with E-state index in [1.807, 2.05) is 19.9 Å². The number of imide groups is 1. The largest absolute Gasteiger partial charge is 0.332 e. The van der Waals surface area contributed by atoms with Gasteiger partial charge in [0, 0.05) is 19.8 Å². The van der Waals surface area contributed by atoms with Crippen LogP contribution in [0.4, 0.5) is 10.5 Å². The van der Waals surface area contributed by atoms with Crippen LogP contribution in [0.2, 0.25) is 0 Å². The van der Waals surface area contributed by atoms with Gasteiger partial charge in [0.25, 0.3) is 5.56 Å². The van der Waals surface area contributed by atoms with Crippen molar-refractivity contribution in [2.24, 2.45) is 14.1 Å². The second-order valence-electron chi connectivity index (χ2n) is 6.59. The molecule has 3 aromatic rings. The van der Waals surface area contributed by atoms with Crippen LogP contribution in [-0.4, -0.2) is 30.6 Å². The molecule has 0 aliphatic rings. The molecule has 0 spiro atoms. The van der Waals surface area contributed by atoms with Gasteiger partial charge in [-0.15, -0.1) is 0 Å². The normalized spacial score (nSPS) is 10.9. The number of aromatic nitrogens is 4. The Morgan fingerprint density at radius 3 is 2.52 bits per heavy atom. The molecule has 0 bridgehead atoms. The Kier molecular flexibility index (Phi) is 5.42. The molecule has 0 unspecified atom stereocenters. The first-order valence-electron chi connectivity index (χ1n) is 8.60. The summed E-state index contributed by atoms with van der Waals surface area (Å²) in [5, 5.41) is 4.87. The fourth-order valence-corrected chi connectivity index (χ4v) is 3.42. The molecule has 0 saturated heterocycles. The lowest BCUT2D eigenvalue weighted by atomic mass is 10.1. The predicted molar refractivity (Wildman–Crippen MR) is 111 cm³/mol. The van der Waals surface area contributed by atoms with Crippen LogP contribution in [0.3, 0.4) is 0 Å². The number of carbonyl (C=O) groups excluding carboxylic acids is 2. The maximum atomic E-state index is 12.4. The first-order chi connectivity index (χ1) is 13.6. The number of nitrogens with zero attached hydrogens (tertiary/aromatic N) is 4. The standard InChI is InChI=1S/C18H19BrN6O4/c1-9-6-5-7-11(10(9)2)20-17(28)21-12(26)8-25-14-13(22-16(25)19)15(27)24(4)18(29)23(14)3/h5-7H,8H2,1-4H3,(H2,20,21,26,28). The fourth-order valence-electron chi connectivity index (χ4n) is 2.95. The minimum atomic E-state index is -0.686. The number of aryl methyl sites for hydroxylation is 2. The van der Waals surface area contributed by atoms with Crippen molar-refractivity contribution >= 4 is 44.7 Å². The summed E-state index contributed by atoms with van der Waals surface area (Å²) >= 11 is 3.20. The maximum Gasteiger partial charge on any atom is 0.332 e. The molecular formula is C18H19BrN6O4. The Labute approximate surface area is 173 Å². The summed E-state index contributed by atoms with van der Waals surface area (Å²) in [5.74, 6) is -0.638. The summed E-state index contributed by atoms with van der Waals surface area (Å²) in [4.78, 5) is 53.2. The third-order valence-electron chi connectivity index (χ3n) is 4.70. The number of amides is 3. The van der Waals surface area contributed by atoms with Crippen molar-refractivity contribution in [3.8, 4) is 0 Å². The lowest BCUT2D eigenvalue weighted by molar-refractivity contribution is -0.120. The minimum absolute atomic E-state index is 0.0362. The predicted octanol–water partition coefficient (Wildman–Crippen LogP) is 1.16. The van der Waals surface area contributed by atoms with E-state index in [-0.39, 0.29) is 22.4 Å². The molecule has 0 fully saturated rings. The van der Waals surface area contributed by atoms with Gasteiger partial charge in [-0.25, -0.2) is 14.6 Å². The van der Waals surface area contributed by atoms with Crippen LogP contribution in [0.25, 0.3) is 11.2 Å². The number of hydrogen-bond donors (Lipinski definition) is 2. The number of urea groups is 1. The Morgan fingerprint density at radius 1 is 1.14 bits per heavy atom. The highest BCUT2D eigenvalue weighted by atomic mass is 79.9. The SMILES string of the molecule is Cc1cccc(NC(=O)NC(=O)Cn2c(Br)nc3c(=O)n(C)c(=O)n(C)c32)c1C. The van der Waals surface area contributed by atoms with Gasteiger partial charge in [-0.3, -0.25) is 28.6 Å². The lowest BCUT2D eigenvalue weighted by Gasteiger charge is -2.12. The zero-order valence-corrected chi connectivity index (χ0v) is 17.8. The molecule has 2 heterocycles. The van der Waals surface area contributed by atoms with Crippen molar-refractivity contribution in [3.63, 3.8) is 0 Å². The van der Waals surface area contributed by atoms with Crippen molar-refractivity contribution in [3.05, 3.63) is 54.9 Å². The van der Waals surface area contributed by atoms with Crippen molar-refractivity contribution in [1.29, 1.82) is 0 Å². The molecular weight excluding hydrogens is 444 g/mol. The van der Waals surface area contributed by atoms with Crippen LogP contribution in [0.15, 0.2) is 32.5 Å². The number of benzene rings is 1. The zero-order valence-electron chi connectivity index (χ0n) is 16.2. The molecule has 0 radical (unpaired) electrons. The van der Waals surface area contributed by atoms with Gasteiger partial charge in [-0.2, -0.15) is 0 Å². The topological polar surface area (TPSA) is 120 Å². The second-order valence-corrected chi connectivity index (χ2v) is 7.30. The van der Waals surface area contributed by atoms with E-state index in [2.05, 4.69) is 31.5 Å². The molecule has 10 nitrogen and oxygen atoms in total. The Bertz CT molecular complexity index is 1270. The Balaban J connectivity index is 1.84. The van der Waals surface area contributed by atoms with E-state index in [4.69, 9.17) is 0 Å². The van der Waals surface area contributed by atoms with Crippen LogP contribution in [0, 0.1) is 13.8 Å². The number of carbonyl (C=O) groups is 2. The molecule has 0 atom stereocenters. The monoisotopic (exact) mass is 462 g/mol. The van der Waals surface area contributed by atoms with Gasteiger partial charge < -0.3 is 5.32 Å². The molecule has 2 N–H and O–H groups in total. The molecule has 11 heteroatoms. The molecule has 0 saturated carbocycles. The van der Waals surface area contributed by atoms with Crippen LogP contribution in [-0.2, 0) is 25.4 Å². The van der Waals surface area contributed by atoms with Crippen molar-refractivity contribution in [2.45, 2.75) is 20.4 Å². The number of fused-ring (bicyclic) bond motifs is 1. The van der Waals surface area contributed by atoms with Crippen LogP contribution in [0.5, 0.6) is 0 Å². The van der Waals surface area contributed by atoms with Crippen molar-refractivity contribution < 1.29 is 9.59 Å². The van der Waals surface area contributed by atoms with Gasteiger partial charge in [0.1, 0.15) is 6.54 Å². The number of halogens is 1. The maximum absolute atomic E-state index is 12.4. The number of hydrogen-bond acceptors (Lipinski definition) is 5. The Morgan fingerprint density at radius 2 is 1.83 bits per heavy atom. The van der Waals surface area contributed by atoms with Gasteiger partial charge in [-0.05, 0) is 47.0 Å². The van der Waals surface area contributed by atoms with Gasteiger partial charge in [0.05, 0.1) is 0 Å². The zero-order chi connectivity index (χ0) is 21.5. The molecule has 152 valence electrons. The smallest absolute Gasteiger partial charge is 0.307 e. The van der Waals surface area contributed by atoms with Gasteiger partial charge >= 0.3 is 11.7 Å². The molecule has 3 rings (SSSR count). The van der Waals surface area contributed by atoms with E-state index in [0.29, 0.717) is 5.69 Å². The Hall–Kier alpha value is -3.21. The second kappa shape index (κ2) is 7.66. The number of rotatable bonds is 3. The lowest BCUT2D eigenvalue weighted by Crippen LogP contribution is -2.39. The highest BCUT2D eigenvalue weighted by molar-refractivity contribution is 9.10. The highest BCUT2D eigenvalue weighted by Gasteiger charge is 2.20. The molecule has 3 amide bonds. The van der Waals surface area contributed by atoms with Gasteiger partial charge in [-0.1, -0.05) is 12.1 Å². The van der Waals surface area contributed by atoms with Crippen LogP contribution >= 0.6 is 15.9 Å².